The van der Waals surface area contributed by atoms with Crippen molar-refractivity contribution < 1.29 is 2.85 Å². The van der Waals surface area contributed by atoms with Crippen LogP contribution in [0.3, 0.4) is 0 Å². The van der Waals surface area contributed by atoms with Crippen LogP contribution in [-0.2, 0) is 0 Å². The Balaban J connectivity index is -0.000000107. The third-order valence-electron chi connectivity index (χ3n) is 1.08. The first-order valence-corrected chi connectivity index (χ1v) is 3.71. The van der Waals surface area contributed by atoms with Gasteiger partial charge in [0, 0.05) is 0 Å². The van der Waals surface area contributed by atoms with Crippen molar-refractivity contribution in [1.29, 1.82) is 0 Å². The van der Waals surface area contributed by atoms with Crippen LogP contribution >= 0.6 is 0 Å². The van der Waals surface area contributed by atoms with Gasteiger partial charge in [0.15, 0.2) is 0 Å². The van der Waals surface area contributed by atoms with E-state index in [0.29, 0.717) is 0 Å². The summed E-state index contributed by atoms with van der Waals surface area (Å²) < 4.78 is 0. The zero-order valence-corrected chi connectivity index (χ0v) is 8.55. The number of hydrogen-bond acceptors (Lipinski definition) is 0. The van der Waals surface area contributed by atoms with Gasteiger partial charge in [0.25, 0.3) is 0 Å². The molecule has 0 radical (unpaired) electrons. The van der Waals surface area contributed by atoms with Crippen molar-refractivity contribution in [3.05, 3.63) is 24.3 Å². The molecule has 0 aromatic heterocycles. The summed E-state index contributed by atoms with van der Waals surface area (Å²) in [6, 6.07) is 0. The molecule has 0 saturated heterocycles. The molecule has 0 nitrogen and oxygen atoms in total. The molecule has 0 bridgehead atoms. The molecule has 0 amide bonds. The van der Waals surface area contributed by atoms with E-state index >= 15 is 0 Å². The predicted molar refractivity (Wildman–Crippen MR) is 51.5 cm³/mol. The Morgan fingerprint density at radius 3 is 1.60 bits per heavy atom. The Morgan fingerprint density at radius 1 is 0.900 bits per heavy atom. The van der Waals surface area contributed by atoms with Gasteiger partial charge in [-0.05, 0) is 19.3 Å². The van der Waals surface area contributed by atoms with Crippen molar-refractivity contribution in [2.75, 3.05) is 0 Å². The van der Waals surface area contributed by atoms with Crippen LogP contribution in [0.15, 0.2) is 24.3 Å². The van der Waals surface area contributed by atoms with Crippen LogP contribution in [0.1, 0.15) is 36.0 Å². The van der Waals surface area contributed by atoms with Crippen molar-refractivity contribution in [3.8, 4) is 0 Å². The van der Waals surface area contributed by atoms with Crippen molar-refractivity contribution >= 4 is 23.1 Å². The first kappa shape index (κ1) is 12.9. The fourth-order valence-electron chi connectivity index (χ4n) is 0.604. The summed E-state index contributed by atoms with van der Waals surface area (Å²) in [5.74, 6) is 0. The van der Waals surface area contributed by atoms with E-state index in [-0.39, 0.29) is 25.9 Å². The monoisotopic (exact) mass is 150 g/mol. The van der Waals surface area contributed by atoms with E-state index in [1.165, 1.54) is 0 Å². The molecule has 0 spiro atoms. The molecule has 0 aliphatic heterocycles. The van der Waals surface area contributed by atoms with E-state index in [9.17, 15) is 0 Å². The molecule has 1 heteroatoms. The Hall–Kier alpha value is 0.246. The van der Waals surface area contributed by atoms with Gasteiger partial charge in [-0.2, -0.15) is 0 Å². The molecule has 10 heavy (non-hydrogen) atoms. The van der Waals surface area contributed by atoms with Gasteiger partial charge in [0.05, 0.1) is 0 Å². The minimum Gasteiger partial charge on any atom is -1.00 e. The van der Waals surface area contributed by atoms with E-state index in [2.05, 4.69) is 38.2 Å². The second kappa shape index (κ2) is 12.0. The Kier molecular flexibility index (Phi) is 15.4. The largest absolute Gasteiger partial charge is 2.00 e. The second-order valence-corrected chi connectivity index (χ2v) is 2.00. The topological polar surface area (TPSA) is 0 Å². The van der Waals surface area contributed by atoms with Crippen LogP contribution in [0.5, 0.6) is 0 Å². The summed E-state index contributed by atoms with van der Waals surface area (Å²) in [6.07, 6.45) is 12.2. The minimum absolute atomic E-state index is 0. The first-order valence-electron chi connectivity index (χ1n) is 3.71. The summed E-state index contributed by atoms with van der Waals surface area (Å²) in [4.78, 5) is 0. The number of hydrogen-bond donors (Lipinski definition) is 0. The minimum atomic E-state index is 0. The van der Waals surface area contributed by atoms with Gasteiger partial charge in [-0.25, -0.2) is 0 Å². The number of allylic oxidation sites excluding steroid dienone is 4. The van der Waals surface area contributed by atoms with Crippen molar-refractivity contribution in [2.24, 2.45) is 0 Å². The molecular formula is C9H18Mg. The third kappa shape index (κ3) is 11.1. The van der Waals surface area contributed by atoms with Gasteiger partial charge in [-0.1, -0.05) is 38.2 Å². The second-order valence-electron chi connectivity index (χ2n) is 2.00. The summed E-state index contributed by atoms with van der Waals surface area (Å²) in [6.45, 7) is 4.31. The van der Waals surface area contributed by atoms with E-state index < -0.39 is 0 Å². The molecule has 0 heterocycles. The smallest absolute Gasteiger partial charge is 1.00 e. The van der Waals surface area contributed by atoms with Gasteiger partial charge >= 0.3 is 23.1 Å². The van der Waals surface area contributed by atoms with Gasteiger partial charge in [0.1, 0.15) is 0 Å². The molecule has 0 fully saturated rings. The zero-order chi connectivity index (χ0) is 6.95. The summed E-state index contributed by atoms with van der Waals surface area (Å²) >= 11 is 0. The van der Waals surface area contributed by atoms with E-state index in [1.54, 1.807) is 0 Å². The Morgan fingerprint density at radius 2 is 1.30 bits per heavy atom. The van der Waals surface area contributed by atoms with Gasteiger partial charge in [0.2, 0.25) is 0 Å². The molecule has 0 aromatic rings. The third-order valence-corrected chi connectivity index (χ3v) is 1.08. The quantitative estimate of drug-likeness (QED) is 0.427. The van der Waals surface area contributed by atoms with Crippen molar-refractivity contribution in [3.63, 3.8) is 0 Å². The van der Waals surface area contributed by atoms with Gasteiger partial charge in [-0.3, -0.25) is 0 Å². The SMILES string of the molecule is CC/C=C\C/C=C\CC.[H-].[H-].[Mg+2]. The van der Waals surface area contributed by atoms with Crippen molar-refractivity contribution in [2.45, 2.75) is 33.1 Å². The van der Waals surface area contributed by atoms with E-state index in [1.807, 2.05) is 0 Å². The maximum atomic E-state index is 2.20. The summed E-state index contributed by atoms with van der Waals surface area (Å²) in [5.41, 5.74) is 0. The van der Waals surface area contributed by atoms with Crippen LogP contribution in [-0.4, -0.2) is 23.1 Å². The number of rotatable bonds is 4. The molecule has 0 rings (SSSR count). The Labute approximate surface area is 83.5 Å². The standard InChI is InChI=1S/C9H16.Mg.2H/c1-3-5-7-9-8-6-4-2;;;/h5-8H,3-4,9H2,1-2H3;;;/q;+2;2*-1/b7-5-,8-6-;;;. The molecule has 0 unspecified atom stereocenters. The summed E-state index contributed by atoms with van der Waals surface area (Å²) in [5, 5.41) is 0. The molecular weight excluding hydrogens is 132 g/mol. The van der Waals surface area contributed by atoms with Crippen LogP contribution in [0.25, 0.3) is 0 Å². The zero-order valence-electron chi connectivity index (χ0n) is 9.14. The van der Waals surface area contributed by atoms with Crippen LogP contribution in [0.2, 0.25) is 0 Å². The summed E-state index contributed by atoms with van der Waals surface area (Å²) in [7, 11) is 0. The maximum absolute atomic E-state index is 2.20. The first-order chi connectivity index (χ1) is 4.41. The van der Waals surface area contributed by atoms with Crippen molar-refractivity contribution in [1.82, 2.24) is 0 Å². The normalized spacial score (nSPS) is 10.6. The van der Waals surface area contributed by atoms with E-state index in [0.717, 1.165) is 19.3 Å². The molecule has 0 saturated carbocycles. The van der Waals surface area contributed by atoms with Crippen LogP contribution < -0.4 is 0 Å². The molecule has 0 aliphatic carbocycles. The molecule has 0 aliphatic rings. The fourth-order valence-corrected chi connectivity index (χ4v) is 0.604. The average Bonchev–Trinajstić information content (AvgIpc) is 1.89. The van der Waals surface area contributed by atoms with Gasteiger partial charge in [-0.15, -0.1) is 0 Å². The fraction of sp³-hybridized carbons (Fsp3) is 0.556. The van der Waals surface area contributed by atoms with Crippen LogP contribution in [0, 0.1) is 0 Å². The molecule has 0 aromatic carbocycles. The average molecular weight is 151 g/mol. The Bertz CT molecular complexity index is 88.7. The predicted octanol–water partition coefficient (Wildman–Crippen LogP) is 3.15. The molecule has 56 valence electrons. The van der Waals surface area contributed by atoms with E-state index in [4.69, 9.17) is 0 Å². The maximum Gasteiger partial charge on any atom is 2.00 e. The van der Waals surface area contributed by atoms with Crippen LogP contribution in [0.4, 0.5) is 0 Å². The molecule has 0 atom stereocenters. The van der Waals surface area contributed by atoms with Gasteiger partial charge < -0.3 is 2.85 Å². The molecule has 0 N–H and O–H groups in total.